The van der Waals surface area contributed by atoms with Gasteiger partial charge in [0.2, 0.25) is 0 Å². The summed E-state index contributed by atoms with van der Waals surface area (Å²) in [5.74, 6) is 6.25. The molecule has 2 aromatic rings. The number of hydrogen-bond acceptors (Lipinski definition) is 3. The minimum Gasteiger partial charge on any atom is -0.463 e. The number of esters is 1. The van der Waals surface area contributed by atoms with Crippen LogP contribution in [0.1, 0.15) is 75.5 Å². The van der Waals surface area contributed by atoms with Gasteiger partial charge in [0, 0.05) is 30.3 Å². The molecule has 0 spiro atoms. The van der Waals surface area contributed by atoms with E-state index in [1.807, 2.05) is 24.3 Å². The summed E-state index contributed by atoms with van der Waals surface area (Å²) in [6.07, 6.45) is 12.0. The average molecular weight is 418 g/mol. The largest absolute Gasteiger partial charge is 0.463 e. The predicted molar refractivity (Wildman–Crippen MR) is 131 cm³/mol. The quantitative estimate of drug-likeness (QED) is 0.175. The van der Waals surface area contributed by atoms with Crippen LogP contribution in [-0.2, 0) is 16.1 Å². The molecular formula is C28H35NO2. The van der Waals surface area contributed by atoms with Crippen LogP contribution in [0.3, 0.4) is 0 Å². The fourth-order valence-electron chi connectivity index (χ4n) is 3.14. The summed E-state index contributed by atoms with van der Waals surface area (Å²) in [5.41, 5.74) is 4.29. The second kappa shape index (κ2) is 14.9. The van der Waals surface area contributed by atoms with Crippen molar-refractivity contribution in [2.24, 2.45) is 0 Å². The normalized spacial score (nSPS) is 10.5. The van der Waals surface area contributed by atoms with Gasteiger partial charge in [-0.05, 0) is 54.8 Å². The fourth-order valence-corrected chi connectivity index (χ4v) is 3.14. The molecule has 3 nitrogen and oxygen atoms in total. The number of rotatable bonds is 12. The Morgan fingerprint density at radius 2 is 1.65 bits per heavy atom. The Bertz CT molecular complexity index is 855. The molecule has 0 atom stereocenters. The molecule has 0 unspecified atom stereocenters. The molecule has 0 aromatic heterocycles. The van der Waals surface area contributed by atoms with E-state index in [1.54, 1.807) is 13.0 Å². The van der Waals surface area contributed by atoms with E-state index in [9.17, 15) is 4.79 Å². The maximum atomic E-state index is 11.4. The molecule has 2 rings (SSSR count). The van der Waals surface area contributed by atoms with Gasteiger partial charge in [-0.2, -0.15) is 0 Å². The van der Waals surface area contributed by atoms with Crippen molar-refractivity contribution >= 4 is 17.7 Å². The Kier molecular flexibility index (Phi) is 11.7. The van der Waals surface area contributed by atoms with Gasteiger partial charge in [0.1, 0.15) is 0 Å². The number of carbonyl (C=O) groups is 1. The molecule has 0 radical (unpaired) electrons. The third kappa shape index (κ3) is 10.6. The highest BCUT2D eigenvalue weighted by Crippen LogP contribution is 2.13. The lowest BCUT2D eigenvalue weighted by molar-refractivity contribution is -0.137. The van der Waals surface area contributed by atoms with Crippen molar-refractivity contribution in [3.63, 3.8) is 0 Å². The Morgan fingerprint density at radius 3 is 2.35 bits per heavy atom. The summed E-state index contributed by atoms with van der Waals surface area (Å²) in [4.78, 5) is 11.4. The molecule has 0 aliphatic carbocycles. The molecule has 0 aliphatic rings. The van der Waals surface area contributed by atoms with Gasteiger partial charge in [-0.15, -0.1) is 0 Å². The number of anilines is 1. The zero-order chi connectivity index (χ0) is 22.2. The van der Waals surface area contributed by atoms with Gasteiger partial charge < -0.3 is 10.1 Å². The van der Waals surface area contributed by atoms with Crippen molar-refractivity contribution in [1.82, 2.24) is 0 Å². The summed E-state index contributed by atoms with van der Waals surface area (Å²) >= 11 is 0. The van der Waals surface area contributed by atoms with E-state index >= 15 is 0 Å². The van der Waals surface area contributed by atoms with Crippen LogP contribution < -0.4 is 5.32 Å². The molecule has 31 heavy (non-hydrogen) atoms. The molecular weight excluding hydrogens is 382 g/mol. The number of unbranched alkanes of at least 4 members (excludes halogenated alkanes) is 6. The summed E-state index contributed by atoms with van der Waals surface area (Å²) in [6.45, 7) is 5.19. The Hall–Kier alpha value is -2.99. The third-order valence-corrected chi connectivity index (χ3v) is 4.95. The van der Waals surface area contributed by atoms with Crippen LogP contribution in [0.25, 0.3) is 6.08 Å². The van der Waals surface area contributed by atoms with Crippen LogP contribution in [0, 0.1) is 11.8 Å². The molecule has 0 saturated heterocycles. The number of ether oxygens (including phenoxy) is 1. The van der Waals surface area contributed by atoms with Gasteiger partial charge in [0.15, 0.2) is 0 Å². The molecule has 3 heteroatoms. The van der Waals surface area contributed by atoms with Crippen molar-refractivity contribution < 1.29 is 9.53 Å². The monoisotopic (exact) mass is 417 g/mol. The summed E-state index contributed by atoms with van der Waals surface area (Å²) in [5, 5.41) is 3.42. The Balaban J connectivity index is 1.72. The first-order chi connectivity index (χ1) is 15.2. The predicted octanol–water partition coefficient (Wildman–Crippen LogP) is 6.98. The van der Waals surface area contributed by atoms with Crippen LogP contribution in [0.15, 0.2) is 54.6 Å². The second-order valence-electron chi connectivity index (χ2n) is 7.58. The van der Waals surface area contributed by atoms with Gasteiger partial charge in [0.25, 0.3) is 0 Å². The standard InChI is InChI=1S/C28H35NO2/c1-3-5-6-7-8-9-10-11-12-24-13-15-26(16-14-24)23-29-27-20-17-25(18-21-27)19-22-28(30)31-4-2/h13-22,29H,3-10,23H2,1-2H3. The van der Waals surface area contributed by atoms with Crippen LogP contribution in [-0.4, -0.2) is 12.6 Å². The van der Waals surface area contributed by atoms with Crippen molar-refractivity contribution in [1.29, 1.82) is 0 Å². The highest BCUT2D eigenvalue weighted by atomic mass is 16.5. The lowest BCUT2D eigenvalue weighted by Gasteiger charge is -2.07. The zero-order valence-electron chi connectivity index (χ0n) is 19.0. The highest BCUT2D eigenvalue weighted by molar-refractivity contribution is 5.87. The average Bonchev–Trinajstić information content (AvgIpc) is 2.80. The molecule has 1 N–H and O–H groups in total. The van der Waals surface area contributed by atoms with Crippen molar-refractivity contribution in [3.8, 4) is 11.8 Å². The van der Waals surface area contributed by atoms with Gasteiger partial charge in [-0.25, -0.2) is 4.79 Å². The summed E-state index contributed by atoms with van der Waals surface area (Å²) < 4.78 is 4.89. The maximum absolute atomic E-state index is 11.4. The lowest BCUT2D eigenvalue weighted by atomic mass is 10.1. The van der Waals surface area contributed by atoms with E-state index in [0.717, 1.165) is 29.8 Å². The topological polar surface area (TPSA) is 38.3 Å². The summed E-state index contributed by atoms with van der Waals surface area (Å²) in [7, 11) is 0. The first kappa shape index (κ1) is 24.3. The first-order valence-corrected chi connectivity index (χ1v) is 11.5. The van der Waals surface area contributed by atoms with E-state index in [2.05, 4.69) is 48.3 Å². The molecule has 0 aliphatic heterocycles. The SMILES string of the molecule is CCCCCCCCC#Cc1ccc(CNc2ccc(C=CC(=O)OCC)cc2)cc1. The van der Waals surface area contributed by atoms with Gasteiger partial charge in [-0.3, -0.25) is 0 Å². The van der Waals surface area contributed by atoms with Crippen LogP contribution in [0.4, 0.5) is 5.69 Å². The molecule has 0 saturated carbocycles. The number of nitrogens with one attached hydrogen (secondary N) is 1. The molecule has 0 heterocycles. The fraction of sp³-hybridized carbons (Fsp3) is 0.393. The van der Waals surface area contributed by atoms with Crippen molar-refractivity contribution in [3.05, 3.63) is 71.3 Å². The van der Waals surface area contributed by atoms with Gasteiger partial charge in [-0.1, -0.05) is 75.1 Å². The van der Waals surface area contributed by atoms with Crippen LogP contribution in [0.5, 0.6) is 0 Å². The number of carbonyl (C=O) groups excluding carboxylic acids is 1. The lowest BCUT2D eigenvalue weighted by Crippen LogP contribution is -1.99. The van der Waals surface area contributed by atoms with E-state index in [0.29, 0.717) is 6.61 Å². The van der Waals surface area contributed by atoms with E-state index in [-0.39, 0.29) is 5.97 Å². The molecule has 164 valence electrons. The minimum absolute atomic E-state index is 0.319. The van der Waals surface area contributed by atoms with E-state index < -0.39 is 0 Å². The minimum atomic E-state index is -0.319. The molecule has 0 amide bonds. The molecule has 0 fully saturated rings. The maximum Gasteiger partial charge on any atom is 0.330 e. The molecule has 0 bridgehead atoms. The Morgan fingerprint density at radius 1 is 0.935 bits per heavy atom. The second-order valence-corrected chi connectivity index (χ2v) is 7.58. The smallest absolute Gasteiger partial charge is 0.330 e. The van der Waals surface area contributed by atoms with Gasteiger partial charge in [0.05, 0.1) is 6.61 Å². The molecule has 2 aromatic carbocycles. The third-order valence-electron chi connectivity index (χ3n) is 4.95. The van der Waals surface area contributed by atoms with E-state index in [4.69, 9.17) is 4.74 Å². The van der Waals surface area contributed by atoms with Crippen molar-refractivity contribution in [2.75, 3.05) is 11.9 Å². The van der Waals surface area contributed by atoms with E-state index in [1.165, 1.54) is 50.2 Å². The number of hydrogen-bond donors (Lipinski definition) is 1. The van der Waals surface area contributed by atoms with Crippen LogP contribution >= 0.6 is 0 Å². The zero-order valence-corrected chi connectivity index (χ0v) is 19.0. The van der Waals surface area contributed by atoms with Crippen LogP contribution in [0.2, 0.25) is 0 Å². The highest BCUT2D eigenvalue weighted by Gasteiger charge is 1.97. The Labute approximate surface area is 187 Å². The van der Waals surface area contributed by atoms with Crippen molar-refractivity contribution in [2.45, 2.75) is 65.3 Å². The first-order valence-electron chi connectivity index (χ1n) is 11.5. The summed E-state index contributed by atoms with van der Waals surface area (Å²) in [6, 6.07) is 16.4. The van der Waals surface area contributed by atoms with Gasteiger partial charge >= 0.3 is 5.97 Å². The number of benzene rings is 2.